The first kappa shape index (κ1) is 15.0. The second kappa shape index (κ2) is 7.39. The molecular weight excluding hydrogens is 224 g/mol. The standard InChI is InChI=1S/C15H26N2O/c1-5-6-11-16-12(2)15(18)13-7-9-14(10-8-13)17(3)4/h7-10,12,15-16,18H,5-6,11H2,1-4H3. The number of aliphatic hydroxyl groups is 1. The monoisotopic (exact) mass is 250 g/mol. The normalized spacial score (nSPS) is 14.3. The van der Waals surface area contributed by atoms with Gasteiger partial charge in [-0.15, -0.1) is 0 Å². The summed E-state index contributed by atoms with van der Waals surface area (Å²) in [5, 5.41) is 13.6. The van der Waals surface area contributed by atoms with Crippen molar-refractivity contribution in [2.45, 2.75) is 38.8 Å². The zero-order valence-corrected chi connectivity index (χ0v) is 12.0. The first-order valence-electron chi connectivity index (χ1n) is 6.75. The molecule has 0 saturated carbocycles. The third-order valence-electron chi connectivity index (χ3n) is 3.22. The summed E-state index contributed by atoms with van der Waals surface area (Å²) in [5.74, 6) is 0. The third-order valence-corrected chi connectivity index (χ3v) is 3.22. The van der Waals surface area contributed by atoms with Gasteiger partial charge in [0.2, 0.25) is 0 Å². The van der Waals surface area contributed by atoms with Crippen molar-refractivity contribution in [1.82, 2.24) is 5.32 Å². The Balaban J connectivity index is 2.57. The van der Waals surface area contributed by atoms with Crippen molar-refractivity contribution in [3.8, 4) is 0 Å². The van der Waals surface area contributed by atoms with E-state index in [9.17, 15) is 5.11 Å². The fraction of sp³-hybridized carbons (Fsp3) is 0.600. The Morgan fingerprint density at radius 2 is 1.83 bits per heavy atom. The molecule has 2 unspecified atom stereocenters. The van der Waals surface area contributed by atoms with Crippen LogP contribution in [0.25, 0.3) is 0 Å². The van der Waals surface area contributed by atoms with Crippen molar-refractivity contribution in [2.24, 2.45) is 0 Å². The lowest BCUT2D eigenvalue weighted by Gasteiger charge is -2.21. The molecule has 0 saturated heterocycles. The molecule has 2 atom stereocenters. The van der Waals surface area contributed by atoms with Crippen LogP contribution in [0, 0.1) is 0 Å². The minimum Gasteiger partial charge on any atom is -0.387 e. The van der Waals surface area contributed by atoms with Crippen LogP contribution >= 0.6 is 0 Å². The van der Waals surface area contributed by atoms with E-state index in [1.807, 2.05) is 45.3 Å². The molecule has 1 rings (SSSR count). The number of nitrogens with one attached hydrogen (secondary N) is 1. The quantitative estimate of drug-likeness (QED) is 0.730. The van der Waals surface area contributed by atoms with E-state index in [0.717, 1.165) is 24.2 Å². The van der Waals surface area contributed by atoms with Gasteiger partial charge in [-0.1, -0.05) is 25.5 Å². The molecule has 2 N–H and O–H groups in total. The maximum absolute atomic E-state index is 10.2. The summed E-state index contributed by atoms with van der Waals surface area (Å²) in [6.07, 6.45) is 1.88. The third kappa shape index (κ3) is 4.31. The molecule has 3 heteroatoms. The van der Waals surface area contributed by atoms with E-state index in [1.54, 1.807) is 0 Å². The number of unbranched alkanes of at least 4 members (excludes halogenated alkanes) is 1. The van der Waals surface area contributed by atoms with Crippen LogP contribution in [0.2, 0.25) is 0 Å². The minimum atomic E-state index is -0.446. The fourth-order valence-electron chi connectivity index (χ4n) is 1.88. The second-order valence-electron chi connectivity index (χ2n) is 5.03. The maximum atomic E-state index is 10.2. The lowest BCUT2D eigenvalue weighted by molar-refractivity contribution is 0.136. The van der Waals surface area contributed by atoms with E-state index in [1.165, 1.54) is 6.42 Å². The van der Waals surface area contributed by atoms with Gasteiger partial charge in [-0.25, -0.2) is 0 Å². The molecule has 0 bridgehead atoms. The Morgan fingerprint density at radius 3 is 2.33 bits per heavy atom. The van der Waals surface area contributed by atoms with Crippen LogP contribution in [-0.4, -0.2) is 31.8 Å². The Labute approximate surface area is 111 Å². The molecular formula is C15H26N2O. The topological polar surface area (TPSA) is 35.5 Å². The summed E-state index contributed by atoms with van der Waals surface area (Å²) in [4.78, 5) is 2.05. The van der Waals surface area contributed by atoms with Crippen LogP contribution in [0.5, 0.6) is 0 Å². The van der Waals surface area contributed by atoms with E-state index in [0.29, 0.717) is 0 Å². The summed E-state index contributed by atoms with van der Waals surface area (Å²) in [6, 6.07) is 8.16. The highest BCUT2D eigenvalue weighted by atomic mass is 16.3. The van der Waals surface area contributed by atoms with Crippen LogP contribution < -0.4 is 10.2 Å². The van der Waals surface area contributed by atoms with Gasteiger partial charge in [-0.05, 0) is 37.6 Å². The molecule has 3 nitrogen and oxygen atoms in total. The highest BCUT2D eigenvalue weighted by molar-refractivity contribution is 5.46. The Hall–Kier alpha value is -1.06. The number of hydrogen-bond donors (Lipinski definition) is 2. The molecule has 1 aromatic carbocycles. The maximum Gasteiger partial charge on any atom is 0.0940 e. The molecule has 0 aliphatic rings. The van der Waals surface area contributed by atoms with Gasteiger partial charge >= 0.3 is 0 Å². The van der Waals surface area contributed by atoms with Gasteiger partial charge < -0.3 is 15.3 Å². The lowest BCUT2D eigenvalue weighted by Crippen LogP contribution is -2.32. The summed E-state index contributed by atoms with van der Waals surface area (Å²) in [5.41, 5.74) is 2.12. The molecule has 0 aliphatic heterocycles. The van der Waals surface area contributed by atoms with E-state index in [-0.39, 0.29) is 6.04 Å². The van der Waals surface area contributed by atoms with Gasteiger partial charge in [-0.2, -0.15) is 0 Å². The van der Waals surface area contributed by atoms with Crippen molar-refractivity contribution in [3.63, 3.8) is 0 Å². The molecule has 102 valence electrons. The number of aliphatic hydroxyl groups excluding tert-OH is 1. The van der Waals surface area contributed by atoms with Gasteiger partial charge in [0.1, 0.15) is 0 Å². The number of anilines is 1. The second-order valence-corrected chi connectivity index (χ2v) is 5.03. The van der Waals surface area contributed by atoms with Crippen LogP contribution in [0.1, 0.15) is 38.4 Å². The smallest absolute Gasteiger partial charge is 0.0940 e. The van der Waals surface area contributed by atoms with E-state index >= 15 is 0 Å². The molecule has 0 fully saturated rings. The van der Waals surface area contributed by atoms with Gasteiger partial charge in [0.15, 0.2) is 0 Å². The zero-order chi connectivity index (χ0) is 13.5. The first-order valence-corrected chi connectivity index (χ1v) is 6.75. The molecule has 1 aromatic rings. The predicted molar refractivity (Wildman–Crippen MR) is 78.1 cm³/mol. The number of hydrogen-bond acceptors (Lipinski definition) is 3. The van der Waals surface area contributed by atoms with Gasteiger partial charge in [-0.3, -0.25) is 0 Å². The van der Waals surface area contributed by atoms with Crippen molar-refractivity contribution in [3.05, 3.63) is 29.8 Å². The summed E-state index contributed by atoms with van der Waals surface area (Å²) < 4.78 is 0. The number of nitrogens with zero attached hydrogens (tertiary/aromatic N) is 1. The Morgan fingerprint density at radius 1 is 1.22 bits per heavy atom. The SMILES string of the molecule is CCCCNC(C)C(O)c1ccc(N(C)C)cc1. The fourth-order valence-corrected chi connectivity index (χ4v) is 1.88. The first-order chi connectivity index (χ1) is 8.56. The molecule has 0 amide bonds. The average molecular weight is 250 g/mol. The van der Waals surface area contributed by atoms with Gasteiger partial charge in [0.25, 0.3) is 0 Å². The van der Waals surface area contributed by atoms with E-state index in [2.05, 4.69) is 17.1 Å². The molecule has 0 aliphatic carbocycles. The summed E-state index contributed by atoms with van der Waals surface area (Å²) in [7, 11) is 4.03. The molecule has 0 aromatic heterocycles. The molecule has 0 spiro atoms. The minimum absolute atomic E-state index is 0.0850. The van der Waals surface area contributed by atoms with Crippen LogP contribution in [0.3, 0.4) is 0 Å². The molecule has 0 radical (unpaired) electrons. The predicted octanol–water partition coefficient (Wildman–Crippen LogP) is 2.56. The van der Waals surface area contributed by atoms with E-state index < -0.39 is 6.10 Å². The number of benzene rings is 1. The molecule has 18 heavy (non-hydrogen) atoms. The lowest BCUT2D eigenvalue weighted by atomic mass is 10.0. The summed E-state index contributed by atoms with van der Waals surface area (Å²) >= 11 is 0. The van der Waals surface area contributed by atoms with Crippen molar-refractivity contribution in [2.75, 3.05) is 25.5 Å². The Kier molecular flexibility index (Phi) is 6.16. The van der Waals surface area contributed by atoms with E-state index in [4.69, 9.17) is 0 Å². The van der Waals surface area contributed by atoms with Gasteiger partial charge in [0, 0.05) is 25.8 Å². The van der Waals surface area contributed by atoms with Crippen molar-refractivity contribution >= 4 is 5.69 Å². The highest BCUT2D eigenvalue weighted by Crippen LogP contribution is 2.20. The largest absolute Gasteiger partial charge is 0.387 e. The molecule has 0 heterocycles. The van der Waals surface area contributed by atoms with Crippen molar-refractivity contribution in [1.29, 1.82) is 0 Å². The van der Waals surface area contributed by atoms with Crippen LogP contribution in [0.4, 0.5) is 5.69 Å². The average Bonchev–Trinajstić information content (AvgIpc) is 2.38. The van der Waals surface area contributed by atoms with Crippen LogP contribution in [0.15, 0.2) is 24.3 Å². The van der Waals surface area contributed by atoms with Gasteiger partial charge in [0.05, 0.1) is 6.10 Å². The Bertz CT molecular complexity index is 335. The zero-order valence-electron chi connectivity index (χ0n) is 12.0. The summed E-state index contributed by atoms with van der Waals surface area (Å²) in [6.45, 7) is 5.16. The highest BCUT2D eigenvalue weighted by Gasteiger charge is 2.15. The number of rotatable bonds is 7. The van der Waals surface area contributed by atoms with Crippen molar-refractivity contribution < 1.29 is 5.11 Å². The van der Waals surface area contributed by atoms with Crippen LogP contribution in [-0.2, 0) is 0 Å².